The molecule has 39 heavy (non-hydrogen) atoms. The summed E-state index contributed by atoms with van der Waals surface area (Å²) in [6.07, 6.45) is 2.90. The summed E-state index contributed by atoms with van der Waals surface area (Å²) in [5, 5.41) is 8.11. The number of nitrogens with one attached hydrogen (secondary N) is 4. The van der Waals surface area contributed by atoms with Gasteiger partial charge in [0.1, 0.15) is 0 Å². The van der Waals surface area contributed by atoms with Gasteiger partial charge in [0.25, 0.3) is 11.8 Å². The van der Waals surface area contributed by atoms with E-state index in [1.54, 1.807) is 0 Å². The number of H-pyrrole nitrogens is 2. The molecule has 1 aliphatic heterocycles. The molecule has 0 saturated carbocycles. The van der Waals surface area contributed by atoms with Crippen molar-refractivity contribution in [2.45, 2.75) is 6.42 Å². The highest BCUT2D eigenvalue weighted by Crippen LogP contribution is 2.31. The normalized spacial score (nSPS) is 14.9. The molecule has 206 valence electrons. The minimum atomic E-state index is -0.0781. The summed E-state index contributed by atoms with van der Waals surface area (Å²) >= 11 is 0. The summed E-state index contributed by atoms with van der Waals surface area (Å²) in [6.45, 7) is 7.50. The maximum absolute atomic E-state index is 12.8. The molecular weight excluding hydrogens is 490 g/mol. The molecule has 2 aromatic carbocycles. The van der Waals surface area contributed by atoms with Gasteiger partial charge in [-0.1, -0.05) is 12.1 Å². The van der Waals surface area contributed by atoms with Gasteiger partial charge in [-0.2, -0.15) is 0 Å². The first-order valence-electron chi connectivity index (χ1n) is 13.7. The Labute approximate surface area is 229 Å². The molecule has 1 aliphatic rings. The first-order valence-corrected chi connectivity index (χ1v) is 13.7. The van der Waals surface area contributed by atoms with Crippen molar-refractivity contribution in [1.82, 2.24) is 35.3 Å². The van der Waals surface area contributed by atoms with Crippen molar-refractivity contribution in [2.24, 2.45) is 0 Å². The summed E-state index contributed by atoms with van der Waals surface area (Å²) in [7, 11) is 6.12. The molecule has 0 unspecified atom stereocenters. The number of benzene rings is 2. The second-order valence-electron chi connectivity index (χ2n) is 10.8. The predicted molar refractivity (Wildman–Crippen MR) is 157 cm³/mol. The van der Waals surface area contributed by atoms with Gasteiger partial charge in [0.15, 0.2) is 0 Å². The lowest BCUT2D eigenvalue weighted by Gasteiger charge is -2.32. The molecule has 0 radical (unpaired) electrons. The number of aromatic nitrogens is 2. The van der Waals surface area contributed by atoms with Crippen LogP contribution in [0.2, 0.25) is 0 Å². The zero-order valence-electron chi connectivity index (χ0n) is 23.1. The van der Waals surface area contributed by atoms with E-state index in [0.29, 0.717) is 24.2 Å². The lowest BCUT2D eigenvalue weighted by Crippen LogP contribution is -2.45. The molecule has 0 aliphatic carbocycles. The van der Waals surface area contributed by atoms with Crippen molar-refractivity contribution >= 4 is 33.6 Å². The van der Waals surface area contributed by atoms with Crippen molar-refractivity contribution in [3.63, 3.8) is 0 Å². The Bertz CT molecular complexity index is 1450. The van der Waals surface area contributed by atoms with Gasteiger partial charge >= 0.3 is 0 Å². The molecule has 4 N–H and O–H groups in total. The third-order valence-corrected chi connectivity index (χ3v) is 7.50. The van der Waals surface area contributed by atoms with Crippen molar-refractivity contribution in [3.05, 3.63) is 59.8 Å². The van der Waals surface area contributed by atoms with Crippen LogP contribution in [0.5, 0.6) is 0 Å². The van der Waals surface area contributed by atoms with Crippen LogP contribution in [0.15, 0.2) is 48.7 Å². The van der Waals surface area contributed by atoms with Gasteiger partial charge in [0.2, 0.25) is 0 Å². The average molecular weight is 530 g/mol. The Morgan fingerprint density at radius 1 is 0.897 bits per heavy atom. The molecule has 2 amide bonds. The Balaban J connectivity index is 1.22. The van der Waals surface area contributed by atoms with Gasteiger partial charge in [-0.3, -0.25) is 9.59 Å². The van der Waals surface area contributed by atoms with Crippen LogP contribution < -0.4 is 10.6 Å². The summed E-state index contributed by atoms with van der Waals surface area (Å²) in [5.74, 6) is -0.124. The molecule has 1 saturated heterocycles. The number of likely N-dealkylation sites (N-methyl/N-ethyl adjacent to an activating group) is 2. The number of fused-ring (bicyclic) bond motifs is 2. The van der Waals surface area contributed by atoms with Gasteiger partial charge in [0.05, 0.1) is 0 Å². The number of piperazine rings is 1. The van der Waals surface area contributed by atoms with Gasteiger partial charge in [-0.05, 0) is 64.4 Å². The molecule has 3 heterocycles. The van der Waals surface area contributed by atoms with E-state index in [-0.39, 0.29) is 11.8 Å². The molecule has 0 atom stereocenters. The third-order valence-electron chi connectivity index (χ3n) is 7.50. The zero-order chi connectivity index (χ0) is 27.4. The molecule has 0 spiro atoms. The highest BCUT2D eigenvalue weighted by atomic mass is 16.2. The quantitative estimate of drug-likeness (QED) is 0.237. The maximum Gasteiger partial charge on any atom is 0.251 e. The zero-order valence-corrected chi connectivity index (χ0v) is 23.1. The molecule has 5 rings (SSSR count). The smallest absolute Gasteiger partial charge is 0.251 e. The Morgan fingerprint density at radius 3 is 2.33 bits per heavy atom. The highest BCUT2D eigenvalue weighted by Gasteiger charge is 2.15. The number of aromatic amines is 2. The second-order valence-corrected chi connectivity index (χ2v) is 10.8. The Kier molecular flexibility index (Phi) is 8.30. The summed E-state index contributed by atoms with van der Waals surface area (Å²) < 4.78 is 0. The number of hydrogen-bond acceptors (Lipinski definition) is 5. The van der Waals surface area contributed by atoms with Crippen LogP contribution in [-0.2, 0) is 0 Å². The number of amides is 2. The van der Waals surface area contributed by atoms with Crippen LogP contribution in [0, 0.1) is 0 Å². The van der Waals surface area contributed by atoms with Gasteiger partial charge in [-0.25, -0.2) is 0 Å². The number of carbonyl (C=O) groups is 2. The lowest BCUT2D eigenvalue weighted by molar-refractivity contribution is 0.0942. The Morgan fingerprint density at radius 2 is 1.59 bits per heavy atom. The predicted octanol–water partition coefficient (Wildman–Crippen LogP) is 2.97. The summed E-state index contributed by atoms with van der Waals surface area (Å²) in [6, 6.07) is 13.6. The fourth-order valence-corrected chi connectivity index (χ4v) is 5.08. The molecule has 4 aromatic rings. The minimum Gasteiger partial charge on any atom is -0.360 e. The van der Waals surface area contributed by atoms with Crippen LogP contribution in [-0.4, -0.2) is 110 Å². The van der Waals surface area contributed by atoms with Gasteiger partial charge in [-0.15, -0.1) is 0 Å². The molecule has 2 aromatic heterocycles. The monoisotopic (exact) mass is 529 g/mol. The van der Waals surface area contributed by atoms with E-state index in [9.17, 15) is 9.59 Å². The molecule has 9 heteroatoms. The number of carbonyl (C=O) groups excluding carboxylic acids is 2. The van der Waals surface area contributed by atoms with E-state index in [2.05, 4.69) is 43.5 Å². The second kappa shape index (κ2) is 12.0. The fourth-order valence-electron chi connectivity index (χ4n) is 5.08. The van der Waals surface area contributed by atoms with Crippen LogP contribution in [0.4, 0.5) is 0 Å². The van der Waals surface area contributed by atoms with Crippen molar-refractivity contribution in [1.29, 1.82) is 0 Å². The van der Waals surface area contributed by atoms with Gasteiger partial charge in [0, 0.05) is 96.2 Å². The van der Waals surface area contributed by atoms with E-state index in [1.165, 1.54) is 0 Å². The van der Waals surface area contributed by atoms with Crippen LogP contribution in [0.25, 0.3) is 33.1 Å². The number of hydrogen-bond donors (Lipinski definition) is 4. The number of nitrogens with zero attached hydrogens (tertiary/aromatic N) is 3. The lowest BCUT2D eigenvalue weighted by atomic mass is 10.1. The topological polar surface area (TPSA) is 99.5 Å². The van der Waals surface area contributed by atoms with Crippen molar-refractivity contribution in [2.75, 3.05) is 73.5 Å². The molecule has 0 bridgehead atoms. The summed E-state index contributed by atoms with van der Waals surface area (Å²) in [4.78, 5) is 39.0. The van der Waals surface area contributed by atoms with E-state index in [1.807, 2.05) is 61.6 Å². The van der Waals surface area contributed by atoms with Crippen molar-refractivity contribution in [3.8, 4) is 11.3 Å². The third kappa shape index (κ3) is 6.50. The van der Waals surface area contributed by atoms with E-state index >= 15 is 0 Å². The average Bonchev–Trinajstić information content (AvgIpc) is 3.54. The highest BCUT2D eigenvalue weighted by molar-refractivity contribution is 6.03. The van der Waals surface area contributed by atoms with Crippen molar-refractivity contribution < 1.29 is 9.59 Å². The van der Waals surface area contributed by atoms with Crippen LogP contribution in [0.3, 0.4) is 0 Å². The number of rotatable bonds is 10. The largest absolute Gasteiger partial charge is 0.360 e. The molecule has 1 fully saturated rings. The van der Waals surface area contributed by atoms with Crippen LogP contribution in [0.1, 0.15) is 27.1 Å². The van der Waals surface area contributed by atoms with E-state index in [4.69, 9.17) is 0 Å². The van der Waals surface area contributed by atoms with Gasteiger partial charge < -0.3 is 35.3 Å². The first kappa shape index (κ1) is 26.9. The fraction of sp³-hybridized carbons (Fsp3) is 0.400. The maximum atomic E-state index is 12.8. The molecule has 9 nitrogen and oxygen atoms in total. The van der Waals surface area contributed by atoms with Crippen LogP contribution >= 0.6 is 0 Å². The SMILES string of the molecule is CN(C)CCNC(=O)c1ccc2c(-c3cc4ccc(C(=O)NCCCN5CCN(C)CC5)cc4[nH]3)c[nH]c2c1. The standard InChI is InChI=1S/C30H39N7O2/c1-35(2)12-10-32-30(39)23-7-8-24-25(20-33-27(24)19-23)28-17-21-5-6-22(18-26(21)34-28)29(38)31-9-4-11-37-15-13-36(3)14-16-37/h5-8,17-20,33-34H,4,9-16H2,1-3H3,(H,31,38)(H,32,39). The summed E-state index contributed by atoms with van der Waals surface area (Å²) in [5.41, 5.74) is 5.09. The Hall–Kier alpha value is -3.66. The van der Waals surface area contributed by atoms with E-state index < -0.39 is 0 Å². The minimum absolute atomic E-state index is 0.0464. The molecular formula is C30H39N7O2. The van der Waals surface area contributed by atoms with E-state index in [0.717, 1.165) is 78.8 Å². The first-order chi connectivity index (χ1) is 18.9.